The third-order valence-corrected chi connectivity index (χ3v) is 4.15. The highest BCUT2D eigenvalue weighted by Gasteiger charge is 2.20. The molecule has 0 unspecified atom stereocenters. The zero-order chi connectivity index (χ0) is 12.3. The molecule has 90 valence electrons. The number of aliphatic hydroxyl groups excluding tert-OH is 1. The minimum Gasteiger partial charge on any atom is -0.395 e. The molecular formula is C11H17NO3S. The fourth-order valence-electron chi connectivity index (χ4n) is 1.52. The molecule has 0 aromatic heterocycles. The normalized spacial score (nSPS) is 12.1. The van der Waals surface area contributed by atoms with Gasteiger partial charge in [0.2, 0.25) is 10.0 Å². The average Bonchev–Trinajstić information content (AvgIpc) is 2.16. The molecule has 1 N–H and O–H groups in total. The summed E-state index contributed by atoms with van der Waals surface area (Å²) < 4.78 is 25.2. The van der Waals surface area contributed by atoms with Crippen LogP contribution in [0.3, 0.4) is 0 Å². The van der Waals surface area contributed by atoms with Crippen molar-refractivity contribution in [2.45, 2.75) is 18.7 Å². The molecule has 1 rings (SSSR count). The molecule has 0 amide bonds. The van der Waals surface area contributed by atoms with Gasteiger partial charge in [-0.25, -0.2) is 8.42 Å². The standard InChI is InChI=1S/C11H17NO3S/c1-9-6-10(2)8-11(7-9)16(14,15)12(3)4-5-13/h6-8,13H,4-5H2,1-3H3. The number of sulfonamides is 1. The molecule has 0 atom stereocenters. The molecule has 0 bridgehead atoms. The van der Waals surface area contributed by atoms with Crippen molar-refractivity contribution in [3.05, 3.63) is 29.3 Å². The van der Waals surface area contributed by atoms with Gasteiger partial charge >= 0.3 is 0 Å². The first-order valence-electron chi connectivity index (χ1n) is 5.03. The zero-order valence-corrected chi connectivity index (χ0v) is 10.6. The van der Waals surface area contributed by atoms with Gasteiger partial charge in [0.25, 0.3) is 0 Å². The average molecular weight is 243 g/mol. The highest BCUT2D eigenvalue weighted by Crippen LogP contribution is 2.17. The number of aliphatic hydroxyl groups is 1. The van der Waals surface area contributed by atoms with Crippen molar-refractivity contribution in [2.75, 3.05) is 20.2 Å². The topological polar surface area (TPSA) is 57.6 Å². The third kappa shape index (κ3) is 2.81. The first kappa shape index (κ1) is 13.2. The Morgan fingerprint density at radius 1 is 1.19 bits per heavy atom. The van der Waals surface area contributed by atoms with Crippen LogP contribution in [0.1, 0.15) is 11.1 Å². The number of hydrogen-bond acceptors (Lipinski definition) is 3. The molecule has 16 heavy (non-hydrogen) atoms. The summed E-state index contributed by atoms with van der Waals surface area (Å²) in [4.78, 5) is 0.279. The van der Waals surface area contributed by atoms with Crippen molar-refractivity contribution in [1.29, 1.82) is 0 Å². The summed E-state index contributed by atoms with van der Waals surface area (Å²) in [5, 5.41) is 8.75. The Balaban J connectivity index is 3.16. The maximum Gasteiger partial charge on any atom is 0.242 e. The lowest BCUT2D eigenvalue weighted by molar-refractivity contribution is 0.266. The minimum absolute atomic E-state index is 0.106. The van der Waals surface area contributed by atoms with E-state index >= 15 is 0 Å². The van der Waals surface area contributed by atoms with Gasteiger partial charge < -0.3 is 5.11 Å². The van der Waals surface area contributed by atoms with Crippen LogP contribution in [0, 0.1) is 13.8 Å². The summed E-state index contributed by atoms with van der Waals surface area (Å²) in [5.74, 6) is 0. The van der Waals surface area contributed by atoms with E-state index in [1.807, 2.05) is 19.9 Å². The molecule has 1 aromatic carbocycles. The number of hydrogen-bond donors (Lipinski definition) is 1. The van der Waals surface area contributed by atoms with Gasteiger partial charge in [-0.05, 0) is 37.1 Å². The molecule has 1 aromatic rings. The monoisotopic (exact) mass is 243 g/mol. The summed E-state index contributed by atoms with van der Waals surface area (Å²) in [5.41, 5.74) is 1.83. The fraction of sp³-hybridized carbons (Fsp3) is 0.455. The summed E-state index contributed by atoms with van der Waals surface area (Å²) in [6.07, 6.45) is 0. The molecular weight excluding hydrogens is 226 g/mol. The molecule has 0 fully saturated rings. The van der Waals surface area contributed by atoms with Gasteiger partial charge in [-0.3, -0.25) is 0 Å². The van der Waals surface area contributed by atoms with Crippen LogP contribution in [0.25, 0.3) is 0 Å². The van der Waals surface area contributed by atoms with Crippen LogP contribution in [-0.4, -0.2) is 38.0 Å². The van der Waals surface area contributed by atoms with Crippen molar-refractivity contribution in [3.63, 3.8) is 0 Å². The first-order chi connectivity index (χ1) is 7.37. The second kappa shape index (κ2) is 4.95. The first-order valence-corrected chi connectivity index (χ1v) is 6.47. The number of likely N-dealkylation sites (N-methyl/N-ethyl adjacent to an activating group) is 1. The molecule has 0 heterocycles. The van der Waals surface area contributed by atoms with Crippen LogP contribution in [-0.2, 0) is 10.0 Å². The highest BCUT2D eigenvalue weighted by atomic mass is 32.2. The van der Waals surface area contributed by atoms with Crippen molar-refractivity contribution < 1.29 is 13.5 Å². The van der Waals surface area contributed by atoms with Gasteiger partial charge in [-0.2, -0.15) is 4.31 Å². The van der Waals surface area contributed by atoms with Gasteiger partial charge in [0.1, 0.15) is 0 Å². The van der Waals surface area contributed by atoms with Crippen LogP contribution in [0.15, 0.2) is 23.1 Å². The predicted octanol–water partition coefficient (Wildman–Crippen LogP) is 0.916. The maximum absolute atomic E-state index is 12.0. The highest BCUT2D eigenvalue weighted by molar-refractivity contribution is 7.89. The van der Waals surface area contributed by atoms with Crippen LogP contribution in [0.2, 0.25) is 0 Å². The van der Waals surface area contributed by atoms with Crippen molar-refractivity contribution in [1.82, 2.24) is 4.31 Å². The SMILES string of the molecule is Cc1cc(C)cc(S(=O)(=O)N(C)CCO)c1. The Kier molecular flexibility index (Phi) is 4.07. The lowest BCUT2D eigenvalue weighted by Crippen LogP contribution is -2.29. The second-order valence-corrected chi connectivity index (χ2v) is 5.92. The number of rotatable bonds is 4. The zero-order valence-electron chi connectivity index (χ0n) is 9.77. The van der Waals surface area contributed by atoms with E-state index < -0.39 is 10.0 Å². The molecule has 0 saturated carbocycles. The van der Waals surface area contributed by atoms with E-state index in [1.54, 1.807) is 12.1 Å². The summed E-state index contributed by atoms with van der Waals surface area (Å²) in [6.45, 7) is 3.64. The Morgan fingerprint density at radius 2 is 1.69 bits per heavy atom. The molecule has 0 aliphatic rings. The second-order valence-electron chi connectivity index (χ2n) is 3.87. The van der Waals surface area contributed by atoms with E-state index in [0.717, 1.165) is 15.4 Å². The fourth-order valence-corrected chi connectivity index (χ4v) is 2.87. The van der Waals surface area contributed by atoms with Crippen LogP contribution in [0.5, 0.6) is 0 Å². The van der Waals surface area contributed by atoms with E-state index in [1.165, 1.54) is 7.05 Å². The third-order valence-electron chi connectivity index (χ3n) is 2.32. The summed E-state index contributed by atoms with van der Waals surface area (Å²) in [7, 11) is -2.01. The van der Waals surface area contributed by atoms with Gasteiger partial charge in [0.15, 0.2) is 0 Å². The van der Waals surface area contributed by atoms with Gasteiger partial charge in [-0.1, -0.05) is 6.07 Å². The van der Waals surface area contributed by atoms with E-state index in [0.29, 0.717) is 0 Å². The van der Waals surface area contributed by atoms with Crippen molar-refractivity contribution in [3.8, 4) is 0 Å². The molecule has 4 nitrogen and oxygen atoms in total. The molecule has 0 saturated heterocycles. The van der Waals surface area contributed by atoms with E-state index in [9.17, 15) is 8.42 Å². The number of benzene rings is 1. The van der Waals surface area contributed by atoms with Crippen LogP contribution in [0.4, 0.5) is 0 Å². The lowest BCUT2D eigenvalue weighted by atomic mass is 10.2. The largest absolute Gasteiger partial charge is 0.395 e. The maximum atomic E-state index is 12.0. The van der Waals surface area contributed by atoms with E-state index in [2.05, 4.69) is 0 Å². The Bertz CT molecular complexity index is 448. The minimum atomic E-state index is -3.47. The van der Waals surface area contributed by atoms with Crippen LogP contribution >= 0.6 is 0 Å². The smallest absolute Gasteiger partial charge is 0.242 e. The quantitative estimate of drug-likeness (QED) is 0.855. The Labute approximate surface area is 96.6 Å². The van der Waals surface area contributed by atoms with Gasteiger partial charge in [-0.15, -0.1) is 0 Å². The molecule has 0 spiro atoms. The van der Waals surface area contributed by atoms with E-state index in [4.69, 9.17) is 5.11 Å². The van der Waals surface area contributed by atoms with Crippen molar-refractivity contribution in [2.24, 2.45) is 0 Å². The van der Waals surface area contributed by atoms with Crippen molar-refractivity contribution >= 4 is 10.0 Å². The van der Waals surface area contributed by atoms with Crippen LogP contribution < -0.4 is 0 Å². The lowest BCUT2D eigenvalue weighted by Gasteiger charge is -2.16. The Hall–Kier alpha value is -0.910. The molecule has 0 aliphatic heterocycles. The van der Waals surface area contributed by atoms with Gasteiger partial charge in [0, 0.05) is 13.6 Å². The van der Waals surface area contributed by atoms with Gasteiger partial charge in [0.05, 0.1) is 11.5 Å². The Morgan fingerprint density at radius 3 is 2.12 bits per heavy atom. The predicted molar refractivity (Wildman–Crippen MR) is 62.8 cm³/mol. The summed E-state index contributed by atoms with van der Waals surface area (Å²) >= 11 is 0. The number of nitrogens with zero attached hydrogens (tertiary/aromatic N) is 1. The molecule has 0 radical (unpaired) electrons. The summed E-state index contributed by atoms with van der Waals surface area (Å²) in [6, 6.07) is 5.19. The number of aryl methyl sites for hydroxylation is 2. The molecule has 5 heteroatoms. The van der Waals surface area contributed by atoms with E-state index in [-0.39, 0.29) is 18.0 Å². The molecule has 0 aliphatic carbocycles.